The molecule has 1 aromatic heterocycles. The van der Waals surface area contributed by atoms with Crippen molar-refractivity contribution in [2.45, 2.75) is 13.3 Å². The number of ether oxygens (including phenoxy) is 1. The quantitative estimate of drug-likeness (QED) is 0.652. The van der Waals surface area contributed by atoms with Gasteiger partial charge in [-0.1, -0.05) is 35.9 Å². The maximum absolute atomic E-state index is 11.7. The minimum absolute atomic E-state index is 0.252. The normalized spacial score (nSPS) is 10.2. The summed E-state index contributed by atoms with van der Waals surface area (Å²) >= 11 is 5.64. The van der Waals surface area contributed by atoms with Crippen LogP contribution in [0.15, 0.2) is 42.6 Å². The smallest absolute Gasteiger partial charge is 0.340 e. The Balaban J connectivity index is 1.72. The van der Waals surface area contributed by atoms with Gasteiger partial charge in [-0.3, -0.25) is 4.79 Å². The lowest BCUT2D eigenvalue weighted by Crippen LogP contribution is -2.30. The molecule has 1 N–H and O–H groups in total. The highest BCUT2D eigenvalue weighted by Crippen LogP contribution is 2.07. The van der Waals surface area contributed by atoms with Crippen LogP contribution in [-0.2, 0) is 16.0 Å². The highest BCUT2D eigenvalue weighted by atomic mass is 35.5. The lowest BCUT2D eigenvalue weighted by Gasteiger charge is -2.08. The van der Waals surface area contributed by atoms with Crippen molar-refractivity contribution in [2.75, 3.05) is 13.2 Å². The number of aryl methyl sites for hydroxylation is 1. The van der Waals surface area contributed by atoms with Crippen molar-refractivity contribution in [3.8, 4) is 0 Å². The van der Waals surface area contributed by atoms with Gasteiger partial charge in [0.1, 0.15) is 5.15 Å². The molecule has 0 atom stereocenters. The first-order valence-corrected chi connectivity index (χ1v) is 7.54. The third kappa shape index (κ3) is 5.38. The molecule has 6 heteroatoms. The van der Waals surface area contributed by atoms with E-state index < -0.39 is 5.97 Å². The lowest BCUT2D eigenvalue weighted by molar-refractivity contribution is -0.124. The zero-order valence-corrected chi connectivity index (χ0v) is 13.5. The van der Waals surface area contributed by atoms with E-state index in [4.69, 9.17) is 16.3 Å². The molecule has 0 radical (unpaired) electrons. The molecule has 2 rings (SSSR count). The highest BCUT2D eigenvalue weighted by molar-refractivity contribution is 6.29. The number of carbonyl (C=O) groups excluding carboxylic acids is 2. The van der Waals surface area contributed by atoms with Crippen molar-refractivity contribution in [3.05, 3.63) is 64.4 Å². The van der Waals surface area contributed by atoms with Crippen molar-refractivity contribution in [1.82, 2.24) is 10.3 Å². The Morgan fingerprint density at radius 2 is 2.00 bits per heavy atom. The summed E-state index contributed by atoms with van der Waals surface area (Å²) in [6.45, 7) is 2.19. The average molecular weight is 333 g/mol. The molecule has 1 amide bonds. The average Bonchev–Trinajstić information content (AvgIpc) is 2.55. The Hall–Kier alpha value is -2.40. The second-order valence-electron chi connectivity index (χ2n) is 4.97. The van der Waals surface area contributed by atoms with Gasteiger partial charge in [-0.25, -0.2) is 9.78 Å². The summed E-state index contributed by atoms with van der Waals surface area (Å²) in [4.78, 5) is 27.2. The molecule has 0 unspecified atom stereocenters. The topological polar surface area (TPSA) is 68.3 Å². The summed E-state index contributed by atoms with van der Waals surface area (Å²) in [6, 6.07) is 11.0. The van der Waals surface area contributed by atoms with Crippen molar-refractivity contribution < 1.29 is 14.3 Å². The summed E-state index contributed by atoms with van der Waals surface area (Å²) in [5.41, 5.74) is 2.61. The summed E-state index contributed by atoms with van der Waals surface area (Å²) in [6.07, 6.45) is 2.04. The third-order valence-electron chi connectivity index (χ3n) is 3.28. The van der Waals surface area contributed by atoms with Gasteiger partial charge in [-0.15, -0.1) is 0 Å². The van der Waals surface area contributed by atoms with Gasteiger partial charge in [0, 0.05) is 12.7 Å². The van der Waals surface area contributed by atoms with E-state index in [1.807, 2.05) is 31.2 Å². The van der Waals surface area contributed by atoms with Crippen LogP contribution < -0.4 is 5.32 Å². The van der Waals surface area contributed by atoms with Gasteiger partial charge in [-0.2, -0.15) is 0 Å². The molecule has 23 heavy (non-hydrogen) atoms. The maximum Gasteiger partial charge on any atom is 0.340 e. The van der Waals surface area contributed by atoms with Crippen molar-refractivity contribution >= 4 is 23.5 Å². The van der Waals surface area contributed by atoms with Crippen LogP contribution in [0.25, 0.3) is 0 Å². The number of rotatable bonds is 6. The van der Waals surface area contributed by atoms with Gasteiger partial charge in [-0.05, 0) is 36.6 Å². The zero-order chi connectivity index (χ0) is 16.7. The van der Waals surface area contributed by atoms with Crippen molar-refractivity contribution in [1.29, 1.82) is 0 Å². The molecule has 0 aliphatic rings. The number of nitrogens with one attached hydrogen (secondary N) is 1. The number of esters is 1. The van der Waals surface area contributed by atoms with Gasteiger partial charge < -0.3 is 10.1 Å². The zero-order valence-electron chi connectivity index (χ0n) is 12.7. The fourth-order valence-electron chi connectivity index (χ4n) is 1.99. The van der Waals surface area contributed by atoms with E-state index in [1.54, 1.807) is 0 Å². The van der Waals surface area contributed by atoms with Crippen LogP contribution in [0.2, 0.25) is 5.15 Å². The van der Waals surface area contributed by atoms with E-state index in [9.17, 15) is 9.59 Å². The summed E-state index contributed by atoms with van der Waals surface area (Å²) < 4.78 is 4.92. The molecule has 0 saturated carbocycles. The van der Waals surface area contributed by atoms with Gasteiger partial charge in [0.05, 0.1) is 5.56 Å². The standard InChI is InChI=1S/C17H17ClN2O3/c1-12-4-2-3-5-13(12)8-9-19-16(21)11-23-17(22)14-6-7-15(18)20-10-14/h2-7,10H,8-9,11H2,1H3,(H,19,21). The van der Waals surface area contributed by atoms with Gasteiger partial charge in [0.2, 0.25) is 0 Å². The van der Waals surface area contributed by atoms with E-state index in [2.05, 4.69) is 10.3 Å². The minimum atomic E-state index is -0.608. The number of carbonyl (C=O) groups is 2. The number of hydrogen-bond acceptors (Lipinski definition) is 4. The van der Waals surface area contributed by atoms with E-state index >= 15 is 0 Å². The lowest BCUT2D eigenvalue weighted by atomic mass is 10.1. The first kappa shape index (κ1) is 17.0. The summed E-state index contributed by atoms with van der Waals surface area (Å²) in [7, 11) is 0. The number of nitrogens with zero attached hydrogens (tertiary/aromatic N) is 1. The molecule has 0 aliphatic heterocycles. The fraction of sp³-hybridized carbons (Fsp3) is 0.235. The predicted molar refractivity (Wildman–Crippen MR) is 87.4 cm³/mol. The van der Waals surface area contributed by atoms with Crippen LogP contribution >= 0.6 is 11.6 Å². The Labute approximate surface area is 139 Å². The van der Waals surface area contributed by atoms with Crippen LogP contribution in [-0.4, -0.2) is 30.0 Å². The Morgan fingerprint density at radius 3 is 2.70 bits per heavy atom. The molecular formula is C17H17ClN2O3. The molecule has 0 saturated heterocycles. The largest absolute Gasteiger partial charge is 0.452 e. The molecule has 2 aromatic rings. The van der Waals surface area contributed by atoms with E-state index in [0.29, 0.717) is 6.54 Å². The molecular weight excluding hydrogens is 316 g/mol. The Kier molecular flexibility index (Phi) is 6.11. The molecule has 120 valence electrons. The monoisotopic (exact) mass is 332 g/mol. The van der Waals surface area contributed by atoms with Crippen LogP contribution in [0, 0.1) is 6.92 Å². The Morgan fingerprint density at radius 1 is 1.22 bits per heavy atom. The van der Waals surface area contributed by atoms with Gasteiger partial charge in [0.25, 0.3) is 5.91 Å². The number of pyridine rings is 1. The van der Waals surface area contributed by atoms with Crippen LogP contribution in [0.3, 0.4) is 0 Å². The van der Waals surface area contributed by atoms with Gasteiger partial charge in [0.15, 0.2) is 6.61 Å². The number of aromatic nitrogens is 1. The molecule has 0 spiro atoms. The predicted octanol–water partition coefficient (Wildman–Crippen LogP) is 2.56. The number of halogens is 1. The van der Waals surface area contributed by atoms with Crippen molar-refractivity contribution in [3.63, 3.8) is 0 Å². The molecule has 1 heterocycles. The van der Waals surface area contributed by atoms with E-state index in [1.165, 1.54) is 29.5 Å². The third-order valence-corrected chi connectivity index (χ3v) is 3.50. The van der Waals surface area contributed by atoms with Crippen LogP contribution in [0.5, 0.6) is 0 Å². The second-order valence-corrected chi connectivity index (χ2v) is 5.36. The molecule has 5 nitrogen and oxygen atoms in total. The number of amides is 1. The SMILES string of the molecule is Cc1ccccc1CCNC(=O)COC(=O)c1ccc(Cl)nc1. The van der Waals surface area contributed by atoms with E-state index in [0.717, 1.165) is 6.42 Å². The second kappa shape index (κ2) is 8.29. The fourth-order valence-corrected chi connectivity index (χ4v) is 2.10. The first-order valence-electron chi connectivity index (χ1n) is 7.16. The number of hydrogen-bond donors (Lipinski definition) is 1. The highest BCUT2D eigenvalue weighted by Gasteiger charge is 2.10. The maximum atomic E-state index is 11.7. The molecule has 1 aromatic carbocycles. The number of benzene rings is 1. The summed E-state index contributed by atoms with van der Waals surface area (Å²) in [5.74, 6) is -0.947. The van der Waals surface area contributed by atoms with Crippen molar-refractivity contribution in [2.24, 2.45) is 0 Å². The Bertz CT molecular complexity index is 686. The minimum Gasteiger partial charge on any atom is -0.452 e. The van der Waals surface area contributed by atoms with Crippen LogP contribution in [0.4, 0.5) is 0 Å². The van der Waals surface area contributed by atoms with Crippen LogP contribution in [0.1, 0.15) is 21.5 Å². The molecule has 0 fully saturated rings. The first-order chi connectivity index (χ1) is 11.1. The molecule has 0 aliphatic carbocycles. The summed E-state index contributed by atoms with van der Waals surface area (Å²) in [5, 5.41) is 3.01. The van der Waals surface area contributed by atoms with E-state index in [-0.39, 0.29) is 23.2 Å². The molecule has 0 bridgehead atoms. The van der Waals surface area contributed by atoms with Gasteiger partial charge >= 0.3 is 5.97 Å².